The molecule has 0 radical (unpaired) electrons. The number of hydrogen-bond donors (Lipinski definition) is 1. The van der Waals surface area contributed by atoms with E-state index in [9.17, 15) is 4.79 Å². The number of thiophene rings is 1. The second-order valence-corrected chi connectivity index (χ2v) is 7.68. The maximum absolute atomic E-state index is 12.4. The van der Waals surface area contributed by atoms with Crippen LogP contribution in [0, 0.1) is 5.92 Å². The summed E-state index contributed by atoms with van der Waals surface area (Å²) in [6, 6.07) is 5.28. The summed E-state index contributed by atoms with van der Waals surface area (Å²) in [7, 11) is 0. The highest BCUT2D eigenvalue weighted by Crippen LogP contribution is 2.29. The van der Waals surface area contributed by atoms with E-state index in [0.717, 1.165) is 13.0 Å². The number of hydrogen-bond acceptors (Lipinski definition) is 3. The van der Waals surface area contributed by atoms with Crippen molar-refractivity contribution in [3.05, 3.63) is 22.4 Å². The van der Waals surface area contributed by atoms with E-state index in [2.05, 4.69) is 34.7 Å². The van der Waals surface area contributed by atoms with Gasteiger partial charge in [0, 0.05) is 23.5 Å². The van der Waals surface area contributed by atoms with Crippen LogP contribution in [-0.4, -0.2) is 29.4 Å². The van der Waals surface area contributed by atoms with Crippen molar-refractivity contribution in [2.75, 3.05) is 6.54 Å². The van der Waals surface area contributed by atoms with Crippen molar-refractivity contribution < 1.29 is 4.79 Å². The molecule has 3 rings (SSSR count). The molecule has 1 aromatic rings. The molecule has 1 heterocycles. The first-order valence-corrected chi connectivity index (χ1v) is 9.16. The van der Waals surface area contributed by atoms with Crippen LogP contribution in [0.2, 0.25) is 0 Å². The predicted octanol–water partition coefficient (Wildman–Crippen LogP) is 3.41. The van der Waals surface area contributed by atoms with Gasteiger partial charge < -0.3 is 5.32 Å². The summed E-state index contributed by atoms with van der Waals surface area (Å²) in [5.74, 6) is 0.853. The third kappa shape index (κ3) is 4.30. The van der Waals surface area contributed by atoms with E-state index in [0.29, 0.717) is 24.5 Å². The fourth-order valence-corrected chi connectivity index (χ4v) is 4.05. The van der Waals surface area contributed by atoms with Gasteiger partial charge in [0.1, 0.15) is 0 Å². The molecule has 2 aliphatic rings. The summed E-state index contributed by atoms with van der Waals surface area (Å²) in [4.78, 5) is 16.1. The highest BCUT2D eigenvalue weighted by atomic mass is 32.1. The summed E-state index contributed by atoms with van der Waals surface area (Å²) in [6.07, 6.45) is 7.49. The first-order chi connectivity index (χ1) is 10.2. The van der Waals surface area contributed by atoms with Crippen molar-refractivity contribution >= 4 is 17.2 Å². The Morgan fingerprint density at radius 1 is 1.33 bits per heavy atom. The van der Waals surface area contributed by atoms with Gasteiger partial charge >= 0.3 is 0 Å². The number of nitrogens with one attached hydrogen (secondary N) is 1. The van der Waals surface area contributed by atoms with Gasteiger partial charge in [-0.25, -0.2) is 0 Å². The molecule has 2 fully saturated rings. The largest absolute Gasteiger partial charge is 0.352 e. The molecule has 2 aliphatic carbocycles. The highest BCUT2D eigenvalue weighted by molar-refractivity contribution is 7.09. The third-order valence-corrected chi connectivity index (χ3v) is 5.67. The molecule has 3 nitrogen and oxygen atoms in total. The quantitative estimate of drug-likeness (QED) is 0.873. The first-order valence-electron chi connectivity index (χ1n) is 8.28. The van der Waals surface area contributed by atoms with Crippen molar-refractivity contribution in [2.45, 2.75) is 64.1 Å². The number of rotatable bonds is 6. The summed E-state index contributed by atoms with van der Waals surface area (Å²) >= 11 is 1.79. The Morgan fingerprint density at radius 2 is 2.14 bits per heavy atom. The predicted molar refractivity (Wildman–Crippen MR) is 87.3 cm³/mol. The van der Waals surface area contributed by atoms with Crippen LogP contribution in [-0.2, 0) is 11.3 Å². The van der Waals surface area contributed by atoms with E-state index >= 15 is 0 Å². The zero-order valence-corrected chi connectivity index (χ0v) is 13.7. The summed E-state index contributed by atoms with van der Waals surface area (Å²) in [6.45, 7) is 3.76. The highest BCUT2D eigenvalue weighted by Gasteiger charge is 2.31. The van der Waals surface area contributed by atoms with E-state index < -0.39 is 0 Å². The van der Waals surface area contributed by atoms with Crippen LogP contribution in [0.3, 0.4) is 0 Å². The molecule has 0 spiro atoms. The fourth-order valence-electron chi connectivity index (χ4n) is 3.32. The Bertz CT molecular complexity index is 455. The Balaban J connectivity index is 1.51. The molecule has 116 valence electrons. The average Bonchev–Trinajstić information content (AvgIpc) is 3.19. The molecule has 1 N–H and O–H groups in total. The third-order valence-electron chi connectivity index (χ3n) is 4.81. The lowest BCUT2D eigenvalue weighted by Gasteiger charge is -2.30. The van der Waals surface area contributed by atoms with Crippen molar-refractivity contribution in [1.82, 2.24) is 10.2 Å². The van der Waals surface area contributed by atoms with Gasteiger partial charge in [0.25, 0.3) is 0 Å². The van der Waals surface area contributed by atoms with E-state index in [1.807, 2.05) is 0 Å². The van der Waals surface area contributed by atoms with Crippen molar-refractivity contribution in [2.24, 2.45) is 5.92 Å². The molecule has 0 bridgehead atoms. The lowest BCUT2D eigenvalue weighted by molar-refractivity contribution is -0.123. The van der Waals surface area contributed by atoms with Gasteiger partial charge in [-0.15, -0.1) is 11.3 Å². The topological polar surface area (TPSA) is 32.3 Å². The van der Waals surface area contributed by atoms with Gasteiger partial charge in [-0.2, -0.15) is 0 Å². The van der Waals surface area contributed by atoms with E-state index in [1.54, 1.807) is 11.3 Å². The maximum Gasteiger partial charge on any atom is 0.234 e. The van der Waals surface area contributed by atoms with Crippen LogP contribution in [0.1, 0.15) is 50.3 Å². The second kappa shape index (κ2) is 6.93. The minimum atomic E-state index is 0.220. The molecular weight excluding hydrogens is 280 g/mol. The number of nitrogens with zero attached hydrogens (tertiary/aromatic N) is 1. The van der Waals surface area contributed by atoms with Crippen LogP contribution in [0.4, 0.5) is 0 Å². The van der Waals surface area contributed by atoms with Gasteiger partial charge in [-0.1, -0.05) is 25.8 Å². The van der Waals surface area contributed by atoms with Crippen LogP contribution < -0.4 is 5.32 Å². The van der Waals surface area contributed by atoms with Crippen molar-refractivity contribution in [1.29, 1.82) is 0 Å². The molecule has 2 atom stereocenters. The summed E-state index contributed by atoms with van der Waals surface area (Å²) in [5.41, 5.74) is 0. The lowest BCUT2D eigenvalue weighted by Crippen LogP contribution is -2.46. The smallest absolute Gasteiger partial charge is 0.234 e. The maximum atomic E-state index is 12.4. The molecule has 21 heavy (non-hydrogen) atoms. The summed E-state index contributed by atoms with van der Waals surface area (Å²) in [5, 5.41) is 5.40. The van der Waals surface area contributed by atoms with Gasteiger partial charge in [0.05, 0.1) is 6.54 Å². The van der Waals surface area contributed by atoms with Crippen LogP contribution in [0.5, 0.6) is 0 Å². The molecular formula is C17H26N2OS. The minimum Gasteiger partial charge on any atom is -0.352 e. The van der Waals surface area contributed by atoms with E-state index in [-0.39, 0.29) is 5.91 Å². The van der Waals surface area contributed by atoms with Crippen LogP contribution >= 0.6 is 11.3 Å². The fraction of sp³-hybridized carbons (Fsp3) is 0.706. The molecule has 4 heteroatoms. The lowest BCUT2D eigenvalue weighted by atomic mass is 9.86. The SMILES string of the molecule is CC1CCCCC1NC(=O)CN(Cc1cccs1)C1CC1. The zero-order valence-electron chi connectivity index (χ0n) is 12.9. The van der Waals surface area contributed by atoms with Crippen molar-refractivity contribution in [3.8, 4) is 0 Å². The standard InChI is InChI=1S/C17H26N2OS/c1-13-5-2-3-7-16(13)18-17(20)12-19(14-8-9-14)11-15-6-4-10-21-15/h4,6,10,13-14,16H,2-3,5,7-9,11-12H2,1H3,(H,18,20). The van der Waals surface area contributed by atoms with Crippen molar-refractivity contribution in [3.63, 3.8) is 0 Å². The monoisotopic (exact) mass is 306 g/mol. The Kier molecular flexibility index (Phi) is 4.96. The van der Waals surface area contributed by atoms with Gasteiger partial charge in [-0.3, -0.25) is 9.69 Å². The molecule has 0 saturated heterocycles. The summed E-state index contributed by atoms with van der Waals surface area (Å²) < 4.78 is 0. The van der Waals surface area contributed by atoms with E-state index in [1.165, 1.54) is 37.0 Å². The normalized spacial score (nSPS) is 26.0. The number of amides is 1. The number of carbonyl (C=O) groups excluding carboxylic acids is 1. The molecule has 1 aromatic heterocycles. The van der Waals surface area contributed by atoms with Gasteiger partial charge in [-0.05, 0) is 43.0 Å². The Hall–Kier alpha value is -0.870. The van der Waals surface area contributed by atoms with Crippen LogP contribution in [0.15, 0.2) is 17.5 Å². The van der Waals surface area contributed by atoms with Gasteiger partial charge in [0.15, 0.2) is 0 Å². The molecule has 2 unspecified atom stereocenters. The number of carbonyl (C=O) groups is 1. The zero-order chi connectivity index (χ0) is 14.7. The molecule has 2 saturated carbocycles. The first kappa shape index (κ1) is 15.0. The molecule has 0 aromatic carbocycles. The average molecular weight is 306 g/mol. The molecule has 0 aliphatic heterocycles. The Labute approximate surface area is 131 Å². The van der Waals surface area contributed by atoms with Gasteiger partial charge in [0.2, 0.25) is 5.91 Å². The van der Waals surface area contributed by atoms with E-state index in [4.69, 9.17) is 0 Å². The second-order valence-electron chi connectivity index (χ2n) is 6.65. The minimum absolute atomic E-state index is 0.220. The molecule has 1 amide bonds. The van der Waals surface area contributed by atoms with Crippen LogP contribution in [0.25, 0.3) is 0 Å². The Morgan fingerprint density at radius 3 is 2.81 bits per heavy atom.